The van der Waals surface area contributed by atoms with Gasteiger partial charge in [0.25, 0.3) is 5.91 Å². The molecule has 0 aliphatic carbocycles. The van der Waals surface area contributed by atoms with E-state index in [0.717, 1.165) is 16.7 Å². The Bertz CT molecular complexity index is 798. The van der Waals surface area contributed by atoms with Gasteiger partial charge in [-0.2, -0.15) is 0 Å². The molecule has 2 aromatic carbocycles. The van der Waals surface area contributed by atoms with Gasteiger partial charge in [0.05, 0.1) is 7.11 Å². The summed E-state index contributed by atoms with van der Waals surface area (Å²) >= 11 is 6.04. The third kappa shape index (κ3) is 5.63. The second kappa shape index (κ2) is 9.06. The van der Waals surface area contributed by atoms with Gasteiger partial charge in [-0.15, -0.1) is 0 Å². The fourth-order valence-corrected chi connectivity index (χ4v) is 2.48. The maximum Gasteiger partial charge on any atom is 0.326 e. The minimum absolute atomic E-state index is 0.0742. The number of hydrogen-bond donors (Lipinski definition) is 2. The molecule has 1 amide bonds. The Kier molecular flexibility index (Phi) is 6.81. The average Bonchev–Trinajstić information content (AvgIpc) is 2.63. The second-order valence-corrected chi connectivity index (χ2v) is 6.23. The van der Waals surface area contributed by atoms with E-state index in [2.05, 4.69) is 5.32 Å². The molecule has 0 bridgehead atoms. The molecule has 5 nitrogen and oxygen atoms in total. The molecule has 0 aromatic heterocycles. The first kappa shape index (κ1) is 19.5. The van der Waals surface area contributed by atoms with Crippen molar-refractivity contribution in [1.82, 2.24) is 5.32 Å². The normalized spacial score (nSPS) is 12.3. The molecule has 2 aromatic rings. The zero-order valence-corrected chi connectivity index (χ0v) is 15.3. The van der Waals surface area contributed by atoms with Gasteiger partial charge >= 0.3 is 5.97 Å². The molecule has 2 N–H and O–H groups in total. The van der Waals surface area contributed by atoms with Crippen molar-refractivity contribution in [2.45, 2.75) is 19.4 Å². The third-order valence-electron chi connectivity index (χ3n) is 3.79. The summed E-state index contributed by atoms with van der Waals surface area (Å²) in [6, 6.07) is 13.4. The van der Waals surface area contributed by atoms with Gasteiger partial charge in [-0.1, -0.05) is 53.6 Å². The van der Waals surface area contributed by atoms with Crippen molar-refractivity contribution in [3.05, 3.63) is 70.3 Å². The van der Waals surface area contributed by atoms with Crippen LogP contribution in [0.15, 0.2) is 53.6 Å². The van der Waals surface area contributed by atoms with E-state index in [-0.39, 0.29) is 11.5 Å². The van der Waals surface area contributed by atoms with Crippen LogP contribution >= 0.6 is 11.6 Å². The molecule has 0 heterocycles. The summed E-state index contributed by atoms with van der Waals surface area (Å²) in [6.07, 6.45) is 1.64. The standard InChI is InChI=1S/C20H20ClNO4/c1-13-3-5-14(6-4-13)11-17(21)19(23)22-18(20(24)25)12-15-7-9-16(26-2)10-8-15/h3-11,18H,12H2,1-2H3,(H,22,23)(H,24,25)/t18-/m0/s1. The van der Waals surface area contributed by atoms with Crippen LogP contribution in [0.25, 0.3) is 6.08 Å². The number of carbonyl (C=O) groups excluding carboxylic acids is 1. The Morgan fingerprint density at radius 3 is 2.31 bits per heavy atom. The molecule has 2 rings (SSSR count). The molecular formula is C20H20ClNO4. The minimum Gasteiger partial charge on any atom is -0.497 e. The zero-order valence-electron chi connectivity index (χ0n) is 14.5. The molecule has 0 saturated heterocycles. The van der Waals surface area contributed by atoms with Crippen molar-refractivity contribution in [3.8, 4) is 5.75 Å². The van der Waals surface area contributed by atoms with E-state index >= 15 is 0 Å². The highest BCUT2D eigenvalue weighted by molar-refractivity contribution is 6.44. The van der Waals surface area contributed by atoms with Crippen molar-refractivity contribution in [3.63, 3.8) is 0 Å². The van der Waals surface area contributed by atoms with E-state index in [4.69, 9.17) is 16.3 Å². The van der Waals surface area contributed by atoms with Gasteiger partial charge in [0.1, 0.15) is 16.8 Å². The lowest BCUT2D eigenvalue weighted by molar-refractivity contribution is -0.141. The van der Waals surface area contributed by atoms with Gasteiger partial charge in [0, 0.05) is 6.42 Å². The topological polar surface area (TPSA) is 75.6 Å². The number of carbonyl (C=O) groups is 2. The molecule has 0 fully saturated rings. The lowest BCUT2D eigenvalue weighted by atomic mass is 10.1. The summed E-state index contributed by atoms with van der Waals surface area (Å²) in [5.41, 5.74) is 2.61. The third-order valence-corrected chi connectivity index (χ3v) is 4.07. The number of hydrogen-bond acceptors (Lipinski definition) is 3. The maximum absolute atomic E-state index is 12.2. The number of ether oxygens (including phenoxy) is 1. The van der Waals surface area contributed by atoms with Crippen LogP contribution < -0.4 is 10.1 Å². The van der Waals surface area contributed by atoms with Crippen LogP contribution in [-0.2, 0) is 16.0 Å². The number of carboxylic acid groups (broad SMARTS) is 1. The van der Waals surface area contributed by atoms with Crippen LogP contribution in [0, 0.1) is 6.92 Å². The highest BCUT2D eigenvalue weighted by atomic mass is 35.5. The Balaban J connectivity index is 2.06. The largest absolute Gasteiger partial charge is 0.497 e. The van der Waals surface area contributed by atoms with Crippen LogP contribution in [-0.4, -0.2) is 30.1 Å². The molecule has 0 aliphatic heterocycles. The molecule has 0 spiro atoms. The monoisotopic (exact) mass is 373 g/mol. The van der Waals surface area contributed by atoms with Crippen LogP contribution in [0.1, 0.15) is 16.7 Å². The molecule has 6 heteroatoms. The number of carboxylic acids is 1. The summed E-state index contributed by atoms with van der Waals surface area (Å²) in [6.45, 7) is 1.96. The molecule has 0 saturated carbocycles. The first-order valence-electron chi connectivity index (χ1n) is 7.99. The maximum atomic E-state index is 12.2. The zero-order chi connectivity index (χ0) is 19.1. The highest BCUT2D eigenvalue weighted by Gasteiger charge is 2.21. The van der Waals surface area contributed by atoms with E-state index in [0.29, 0.717) is 5.75 Å². The van der Waals surface area contributed by atoms with E-state index in [1.807, 2.05) is 31.2 Å². The number of aliphatic carboxylic acids is 1. The van der Waals surface area contributed by atoms with Crippen molar-refractivity contribution >= 4 is 29.6 Å². The van der Waals surface area contributed by atoms with E-state index in [1.54, 1.807) is 31.4 Å². The van der Waals surface area contributed by atoms with E-state index < -0.39 is 17.9 Å². The number of benzene rings is 2. The quantitative estimate of drug-likeness (QED) is 0.729. The first-order valence-corrected chi connectivity index (χ1v) is 8.37. The highest BCUT2D eigenvalue weighted by Crippen LogP contribution is 2.15. The summed E-state index contributed by atoms with van der Waals surface area (Å²) in [5, 5.41) is 11.8. The molecule has 0 unspecified atom stereocenters. The SMILES string of the molecule is COc1ccc(C[C@H](NC(=O)C(Cl)=Cc2ccc(C)cc2)C(=O)O)cc1. The van der Waals surface area contributed by atoms with Crippen LogP contribution in [0.4, 0.5) is 0 Å². The van der Waals surface area contributed by atoms with Crippen LogP contribution in [0.3, 0.4) is 0 Å². The van der Waals surface area contributed by atoms with Crippen molar-refractivity contribution in [2.75, 3.05) is 7.11 Å². The number of rotatable bonds is 7. The van der Waals surface area contributed by atoms with Gasteiger partial charge < -0.3 is 15.2 Å². The lowest BCUT2D eigenvalue weighted by Gasteiger charge is -2.14. The Morgan fingerprint density at radius 1 is 1.15 bits per heavy atom. The van der Waals surface area contributed by atoms with Crippen molar-refractivity contribution < 1.29 is 19.4 Å². The molecule has 136 valence electrons. The minimum atomic E-state index is -1.13. The van der Waals surface area contributed by atoms with Crippen molar-refractivity contribution in [2.24, 2.45) is 0 Å². The number of methoxy groups -OCH3 is 1. The van der Waals surface area contributed by atoms with E-state index in [1.165, 1.54) is 6.08 Å². The molecule has 1 atom stereocenters. The van der Waals surface area contributed by atoms with Crippen molar-refractivity contribution in [1.29, 1.82) is 0 Å². The van der Waals surface area contributed by atoms with Gasteiger partial charge in [-0.3, -0.25) is 4.79 Å². The number of aryl methyl sites for hydroxylation is 1. The summed E-state index contributed by atoms with van der Waals surface area (Å²) in [5.74, 6) is -1.09. The van der Waals surface area contributed by atoms with Gasteiger partial charge in [-0.05, 0) is 36.3 Å². The first-order chi connectivity index (χ1) is 12.4. The van der Waals surface area contributed by atoms with E-state index in [9.17, 15) is 14.7 Å². The molecule has 26 heavy (non-hydrogen) atoms. The average molecular weight is 374 g/mol. The fraction of sp³-hybridized carbons (Fsp3) is 0.200. The molecule has 0 aliphatic rings. The molecule has 0 radical (unpaired) electrons. The number of amides is 1. The van der Waals surface area contributed by atoms with Crippen LogP contribution in [0.2, 0.25) is 0 Å². The van der Waals surface area contributed by atoms with Gasteiger partial charge in [-0.25, -0.2) is 4.79 Å². The summed E-state index contributed by atoms with van der Waals surface area (Å²) < 4.78 is 5.07. The smallest absolute Gasteiger partial charge is 0.326 e. The number of halogens is 1. The lowest BCUT2D eigenvalue weighted by Crippen LogP contribution is -2.42. The van der Waals surface area contributed by atoms with Gasteiger partial charge in [0.2, 0.25) is 0 Å². The Labute approximate surface area is 157 Å². The second-order valence-electron chi connectivity index (χ2n) is 5.82. The van der Waals surface area contributed by atoms with Gasteiger partial charge in [0.15, 0.2) is 0 Å². The summed E-state index contributed by atoms with van der Waals surface area (Å²) in [7, 11) is 1.55. The number of nitrogens with one attached hydrogen (secondary N) is 1. The predicted molar refractivity (Wildman–Crippen MR) is 101 cm³/mol. The Hall–Kier alpha value is -2.79. The summed E-state index contributed by atoms with van der Waals surface area (Å²) in [4.78, 5) is 23.7. The molecular weight excluding hydrogens is 354 g/mol. The van der Waals surface area contributed by atoms with Crippen LogP contribution in [0.5, 0.6) is 5.75 Å². The predicted octanol–water partition coefficient (Wildman–Crippen LogP) is 3.40. The fourth-order valence-electron chi connectivity index (χ4n) is 2.30. The Morgan fingerprint density at radius 2 is 1.77 bits per heavy atom.